The van der Waals surface area contributed by atoms with E-state index in [1.807, 2.05) is 24.3 Å². The molecule has 0 atom stereocenters. The monoisotopic (exact) mass is 348 g/mol. The standard InChI is InChI=1S/C16H20N4O3S/c1-23-11-15(21)19-6-8-20(9-7-19)16(22)17-10-14-18-12-4-2-3-5-13(12)24-14/h2-5H,6-11H2,1H3,(H,17,22). The number of thiazole rings is 1. The summed E-state index contributed by atoms with van der Waals surface area (Å²) in [6, 6.07) is 7.80. The third-order valence-electron chi connectivity index (χ3n) is 3.92. The predicted molar refractivity (Wildman–Crippen MR) is 91.9 cm³/mol. The number of nitrogens with zero attached hydrogens (tertiary/aromatic N) is 3. The van der Waals surface area contributed by atoms with Crippen molar-refractivity contribution in [2.24, 2.45) is 0 Å². The van der Waals surface area contributed by atoms with Crippen molar-refractivity contribution in [2.45, 2.75) is 6.54 Å². The number of carbonyl (C=O) groups excluding carboxylic acids is 2. The molecular weight excluding hydrogens is 328 g/mol. The summed E-state index contributed by atoms with van der Waals surface area (Å²) in [5.74, 6) is -0.0352. The van der Waals surface area contributed by atoms with Crippen LogP contribution in [0.3, 0.4) is 0 Å². The number of amides is 3. The number of methoxy groups -OCH3 is 1. The number of rotatable bonds is 4. The quantitative estimate of drug-likeness (QED) is 0.904. The average molecular weight is 348 g/mol. The van der Waals surface area contributed by atoms with Crippen LogP contribution in [0.25, 0.3) is 10.2 Å². The van der Waals surface area contributed by atoms with Crippen LogP contribution in [-0.2, 0) is 16.1 Å². The molecule has 8 heteroatoms. The lowest BCUT2D eigenvalue weighted by atomic mass is 10.3. The number of piperazine rings is 1. The minimum atomic E-state index is -0.118. The van der Waals surface area contributed by atoms with Gasteiger partial charge in [0, 0.05) is 33.3 Å². The smallest absolute Gasteiger partial charge is 0.317 e. The van der Waals surface area contributed by atoms with Crippen LogP contribution >= 0.6 is 11.3 Å². The molecule has 0 radical (unpaired) electrons. The second kappa shape index (κ2) is 7.59. The number of ether oxygens (including phenoxy) is 1. The Hall–Kier alpha value is -2.19. The Balaban J connectivity index is 1.48. The second-order valence-electron chi connectivity index (χ2n) is 5.53. The van der Waals surface area contributed by atoms with Gasteiger partial charge in [-0.3, -0.25) is 4.79 Å². The topological polar surface area (TPSA) is 74.8 Å². The highest BCUT2D eigenvalue weighted by Gasteiger charge is 2.23. The van der Waals surface area contributed by atoms with E-state index in [4.69, 9.17) is 4.74 Å². The molecule has 1 aliphatic rings. The van der Waals surface area contributed by atoms with E-state index in [9.17, 15) is 9.59 Å². The van der Waals surface area contributed by atoms with E-state index in [0.717, 1.165) is 15.2 Å². The predicted octanol–water partition coefficient (Wildman–Crippen LogP) is 1.30. The van der Waals surface area contributed by atoms with Crippen molar-refractivity contribution in [1.82, 2.24) is 20.1 Å². The van der Waals surface area contributed by atoms with Gasteiger partial charge < -0.3 is 19.9 Å². The van der Waals surface area contributed by atoms with E-state index < -0.39 is 0 Å². The molecule has 24 heavy (non-hydrogen) atoms. The SMILES string of the molecule is COCC(=O)N1CCN(C(=O)NCc2nc3ccccc3s2)CC1. The van der Waals surface area contributed by atoms with Gasteiger partial charge in [-0.1, -0.05) is 12.1 Å². The zero-order valence-electron chi connectivity index (χ0n) is 13.5. The number of hydrogen-bond acceptors (Lipinski definition) is 5. The van der Waals surface area contributed by atoms with Gasteiger partial charge in [0.05, 0.1) is 16.8 Å². The minimum Gasteiger partial charge on any atom is -0.375 e. The summed E-state index contributed by atoms with van der Waals surface area (Å²) < 4.78 is 5.97. The van der Waals surface area contributed by atoms with Gasteiger partial charge in [0.1, 0.15) is 11.6 Å². The molecule has 0 bridgehead atoms. The summed E-state index contributed by atoms with van der Waals surface area (Å²) in [7, 11) is 1.50. The van der Waals surface area contributed by atoms with Crippen LogP contribution in [0.15, 0.2) is 24.3 Å². The Kier molecular flexibility index (Phi) is 5.27. The highest BCUT2D eigenvalue weighted by molar-refractivity contribution is 7.18. The van der Waals surface area contributed by atoms with Crippen LogP contribution in [0.1, 0.15) is 5.01 Å². The van der Waals surface area contributed by atoms with Crippen molar-refractivity contribution in [1.29, 1.82) is 0 Å². The molecule has 0 spiro atoms. The number of carbonyl (C=O) groups is 2. The van der Waals surface area contributed by atoms with Crippen LogP contribution in [-0.4, -0.2) is 66.6 Å². The molecule has 0 saturated carbocycles. The van der Waals surface area contributed by atoms with Gasteiger partial charge in [-0.25, -0.2) is 9.78 Å². The Labute approximate surface area is 144 Å². The molecule has 7 nitrogen and oxygen atoms in total. The van der Waals surface area contributed by atoms with Crippen LogP contribution in [0.5, 0.6) is 0 Å². The Morgan fingerprint density at radius 1 is 1.21 bits per heavy atom. The molecule has 1 aliphatic heterocycles. The highest BCUT2D eigenvalue weighted by atomic mass is 32.1. The largest absolute Gasteiger partial charge is 0.375 e. The Morgan fingerprint density at radius 2 is 1.92 bits per heavy atom. The molecule has 2 heterocycles. The summed E-state index contributed by atoms with van der Waals surface area (Å²) in [6.45, 7) is 2.64. The van der Waals surface area contributed by atoms with Gasteiger partial charge in [-0.2, -0.15) is 0 Å². The minimum absolute atomic E-state index is 0.0352. The Bertz CT molecular complexity index is 692. The summed E-state index contributed by atoms with van der Waals surface area (Å²) in [4.78, 5) is 32.0. The number of aromatic nitrogens is 1. The van der Waals surface area contributed by atoms with Gasteiger partial charge in [-0.05, 0) is 12.1 Å². The Morgan fingerprint density at radius 3 is 2.62 bits per heavy atom. The number of urea groups is 1. The van der Waals surface area contributed by atoms with Crippen molar-refractivity contribution in [2.75, 3.05) is 39.9 Å². The van der Waals surface area contributed by atoms with Crippen LogP contribution < -0.4 is 5.32 Å². The maximum atomic E-state index is 12.3. The molecule has 128 valence electrons. The molecular formula is C16H20N4O3S. The van der Waals surface area contributed by atoms with E-state index in [1.54, 1.807) is 21.1 Å². The highest BCUT2D eigenvalue weighted by Crippen LogP contribution is 2.21. The fourth-order valence-electron chi connectivity index (χ4n) is 2.63. The fourth-order valence-corrected chi connectivity index (χ4v) is 3.54. The fraction of sp³-hybridized carbons (Fsp3) is 0.438. The zero-order chi connectivity index (χ0) is 16.9. The van der Waals surface area contributed by atoms with Crippen molar-refractivity contribution < 1.29 is 14.3 Å². The first-order valence-electron chi connectivity index (χ1n) is 7.81. The normalized spacial score (nSPS) is 14.9. The summed E-state index contributed by atoms with van der Waals surface area (Å²) in [6.07, 6.45) is 0. The second-order valence-corrected chi connectivity index (χ2v) is 6.65. The van der Waals surface area contributed by atoms with E-state index in [0.29, 0.717) is 32.7 Å². The molecule has 2 aromatic rings. The van der Waals surface area contributed by atoms with Crippen molar-refractivity contribution in [3.8, 4) is 0 Å². The maximum absolute atomic E-state index is 12.3. The number of benzene rings is 1. The van der Waals surface area contributed by atoms with Gasteiger partial charge in [-0.15, -0.1) is 11.3 Å². The lowest BCUT2D eigenvalue weighted by molar-refractivity contribution is -0.136. The third kappa shape index (κ3) is 3.82. The van der Waals surface area contributed by atoms with Crippen LogP contribution in [0.4, 0.5) is 4.79 Å². The van der Waals surface area contributed by atoms with Crippen molar-refractivity contribution in [3.05, 3.63) is 29.3 Å². The molecule has 1 aromatic carbocycles. The summed E-state index contributed by atoms with van der Waals surface area (Å²) in [5, 5.41) is 3.79. The molecule has 1 aromatic heterocycles. The van der Waals surface area contributed by atoms with E-state index in [1.165, 1.54) is 7.11 Å². The van der Waals surface area contributed by atoms with Gasteiger partial charge >= 0.3 is 6.03 Å². The molecule has 0 aliphatic carbocycles. The molecule has 0 unspecified atom stereocenters. The first kappa shape index (κ1) is 16.7. The lowest BCUT2D eigenvalue weighted by Crippen LogP contribution is -2.53. The number of nitrogens with one attached hydrogen (secondary N) is 1. The molecule has 1 fully saturated rings. The number of fused-ring (bicyclic) bond motifs is 1. The first-order valence-corrected chi connectivity index (χ1v) is 8.63. The summed E-state index contributed by atoms with van der Waals surface area (Å²) >= 11 is 1.58. The van der Waals surface area contributed by atoms with Gasteiger partial charge in [0.15, 0.2) is 0 Å². The average Bonchev–Trinajstić information content (AvgIpc) is 3.03. The molecule has 1 N–H and O–H groups in total. The zero-order valence-corrected chi connectivity index (χ0v) is 14.3. The molecule has 3 rings (SSSR count). The van der Waals surface area contributed by atoms with Crippen molar-refractivity contribution in [3.63, 3.8) is 0 Å². The van der Waals surface area contributed by atoms with Crippen LogP contribution in [0.2, 0.25) is 0 Å². The molecule has 3 amide bonds. The maximum Gasteiger partial charge on any atom is 0.317 e. The first-order chi connectivity index (χ1) is 11.7. The summed E-state index contributed by atoms with van der Waals surface area (Å²) in [5.41, 5.74) is 0.956. The van der Waals surface area contributed by atoms with E-state index in [-0.39, 0.29) is 18.5 Å². The van der Waals surface area contributed by atoms with Crippen LogP contribution in [0, 0.1) is 0 Å². The van der Waals surface area contributed by atoms with E-state index >= 15 is 0 Å². The van der Waals surface area contributed by atoms with Gasteiger partial charge in [0.2, 0.25) is 5.91 Å². The van der Waals surface area contributed by atoms with Crippen molar-refractivity contribution >= 4 is 33.5 Å². The number of hydrogen-bond donors (Lipinski definition) is 1. The number of para-hydroxylation sites is 1. The lowest BCUT2D eigenvalue weighted by Gasteiger charge is -2.34. The van der Waals surface area contributed by atoms with E-state index in [2.05, 4.69) is 10.3 Å². The molecule has 1 saturated heterocycles. The van der Waals surface area contributed by atoms with Gasteiger partial charge in [0.25, 0.3) is 0 Å². The third-order valence-corrected chi connectivity index (χ3v) is 4.95.